The number of benzene rings is 1. The number of carbonyl (C=O) groups is 1. The van der Waals surface area contributed by atoms with E-state index in [0.29, 0.717) is 11.4 Å². The molecule has 116 valence electrons. The molecule has 0 radical (unpaired) electrons. The fourth-order valence-electron chi connectivity index (χ4n) is 2.26. The predicted octanol–water partition coefficient (Wildman–Crippen LogP) is 4.56. The van der Waals surface area contributed by atoms with Crippen molar-refractivity contribution in [2.24, 2.45) is 5.92 Å². The van der Waals surface area contributed by atoms with Crippen LogP contribution < -0.4 is 5.32 Å². The van der Waals surface area contributed by atoms with Gasteiger partial charge in [0.2, 0.25) is 5.91 Å². The smallest absolute Gasteiger partial charge is 0.302 e. The molecule has 1 N–H and O–H groups in total. The average Bonchev–Trinajstić information content (AvgIpc) is 3.09. The van der Waals surface area contributed by atoms with Crippen LogP contribution in [0.5, 0.6) is 0 Å². The number of hydrogen-bond donors (Lipinski definition) is 1. The van der Waals surface area contributed by atoms with Gasteiger partial charge in [0, 0.05) is 16.3 Å². The van der Waals surface area contributed by atoms with Gasteiger partial charge in [0.25, 0.3) is 0 Å². The highest BCUT2D eigenvalue weighted by Crippen LogP contribution is 2.50. The zero-order valence-corrected chi connectivity index (χ0v) is 12.6. The second kappa shape index (κ2) is 5.55. The van der Waals surface area contributed by atoms with Crippen molar-refractivity contribution < 1.29 is 18.0 Å². The molecule has 0 bridgehead atoms. The number of nitrogens with one attached hydrogen (secondary N) is 1. The SMILES string of the molecule is O=C(Nc1nc(C(F)(F)F)cs1)C1CC1c1ccccc1Cl. The van der Waals surface area contributed by atoms with E-state index < -0.39 is 11.9 Å². The highest BCUT2D eigenvalue weighted by atomic mass is 35.5. The van der Waals surface area contributed by atoms with Gasteiger partial charge in [0.15, 0.2) is 10.8 Å². The molecule has 2 aromatic rings. The van der Waals surface area contributed by atoms with Crippen LogP contribution in [0.1, 0.15) is 23.6 Å². The summed E-state index contributed by atoms with van der Waals surface area (Å²) in [5.41, 5.74) is -0.106. The Bertz CT molecular complexity index is 716. The maximum Gasteiger partial charge on any atom is 0.434 e. The molecule has 1 aromatic heterocycles. The van der Waals surface area contributed by atoms with E-state index in [-0.39, 0.29) is 22.9 Å². The van der Waals surface area contributed by atoms with E-state index in [2.05, 4.69) is 10.3 Å². The molecule has 8 heteroatoms. The Labute approximate surface area is 133 Å². The van der Waals surface area contributed by atoms with Crippen molar-refractivity contribution in [1.29, 1.82) is 0 Å². The van der Waals surface area contributed by atoms with Crippen molar-refractivity contribution in [2.75, 3.05) is 5.32 Å². The number of carbonyl (C=O) groups excluding carboxylic acids is 1. The Kier molecular flexibility index (Phi) is 3.86. The molecule has 2 atom stereocenters. The number of thiazole rings is 1. The van der Waals surface area contributed by atoms with E-state index in [1.165, 1.54) is 0 Å². The zero-order chi connectivity index (χ0) is 15.9. The second-order valence-corrected chi connectivity index (χ2v) is 6.26. The minimum atomic E-state index is -4.50. The van der Waals surface area contributed by atoms with Crippen molar-refractivity contribution in [3.8, 4) is 0 Å². The summed E-state index contributed by atoms with van der Waals surface area (Å²) in [4.78, 5) is 15.4. The molecular formula is C14H10ClF3N2OS. The summed E-state index contributed by atoms with van der Waals surface area (Å²) in [5, 5.41) is 3.88. The van der Waals surface area contributed by atoms with E-state index in [1.807, 2.05) is 12.1 Å². The Morgan fingerprint density at radius 1 is 1.36 bits per heavy atom. The summed E-state index contributed by atoms with van der Waals surface area (Å²) >= 11 is 6.84. The van der Waals surface area contributed by atoms with Crippen LogP contribution in [0.4, 0.5) is 18.3 Å². The summed E-state index contributed by atoms with van der Waals surface area (Å²) < 4.78 is 37.4. The van der Waals surface area contributed by atoms with Crippen LogP contribution in [0.2, 0.25) is 5.02 Å². The minimum Gasteiger partial charge on any atom is -0.302 e. The van der Waals surface area contributed by atoms with Gasteiger partial charge in [-0.2, -0.15) is 13.2 Å². The summed E-state index contributed by atoms with van der Waals surface area (Å²) in [6.07, 6.45) is -3.87. The molecule has 1 heterocycles. The molecule has 2 unspecified atom stereocenters. The Morgan fingerprint density at radius 2 is 2.09 bits per heavy atom. The second-order valence-electron chi connectivity index (χ2n) is 5.00. The molecule has 1 fully saturated rings. The van der Waals surface area contributed by atoms with Crippen molar-refractivity contribution >= 4 is 34.0 Å². The molecular weight excluding hydrogens is 337 g/mol. The number of aromatic nitrogens is 1. The van der Waals surface area contributed by atoms with Crippen molar-refractivity contribution in [3.05, 3.63) is 45.9 Å². The Hall–Kier alpha value is -1.60. The van der Waals surface area contributed by atoms with E-state index >= 15 is 0 Å². The summed E-state index contributed by atoms with van der Waals surface area (Å²) in [6.45, 7) is 0. The fourth-order valence-corrected chi connectivity index (χ4v) is 3.26. The molecule has 3 rings (SSSR count). The number of nitrogens with zero attached hydrogens (tertiary/aromatic N) is 1. The lowest BCUT2D eigenvalue weighted by Crippen LogP contribution is -2.15. The molecule has 3 nitrogen and oxygen atoms in total. The van der Waals surface area contributed by atoms with Gasteiger partial charge in [0.05, 0.1) is 0 Å². The first-order valence-electron chi connectivity index (χ1n) is 6.44. The van der Waals surface area contributed by atoms with E-state index in [1.54, 1.807) is 12.1 Å². The molecule has 0 spiro atoms. The summed E-state index contributed by atoms with van der Waals surface area (Å²) in [7, 11) is 0. The monoisotopic (exact) mass is 346 g/mol. The van der Waals surface area contributed by atoms with Gasteiger partial charge < -0.3 is 5.32 Å². The Morgan fingerprint density at radius 3 is 2.73 bits per heavy atom. The predicted molar refractivity (Wildman–Crippen MR) is 78.0 cm³/mol. The van der Waals surface area contributed by atoms with Gasteiger partial charge in [-0.25, -0.2) is 4.98 Å². The van der Waals surface area contributed by atoms with Crippen LogP contribution in [0.25, 0.3) is 0 Å². The van der Waals surface area contributed by atoms with E-state index in [9.17, 15) is 18.0 Å². The normalized spacial score (nSPS) is 20.7. The highest BCUT2D eigenvalue weighted by molar-refractivity contribution is 7.13. The van der Waals surface area contributed by atoms with Crippen LogP contribution >= 0.6 is 22.9 Å². The molecule has 1 saturated carbocycles. The molecule has 22 heavy (non-hydrogen) atoms. The number of hydrogen-bond acceptors (Lipinski definition) is 3. The lowest BCUT2D eigenvalue weighted by Gasteiger charge is -2.04. The summed E-state index contributed by atoms with van der Waals surface area (Å²) in [5.74, 6) is -0.595. The maximum atomic E-state index is 12.5. The van der Waals surface area contributed by atoms with Gasteiger partial charge in [-0.15, -0.1) is 11.3 Å². The number of amides is 1. The fraction of sp³-hybridized carbons (Fsp3) is 0.286. The van der Waals surface area contributed by atoms with Gasteiger partial charge in [0.1, 0.15) is 0 Å². The lowest BCUT2D eigenvalue weighted by molar-refractivity contribution is -0.140. The summed E-state index contributed by atoms with van der Waals surface area (Å²) in [6, 6.07) is 7.24. The third-order valence-corrected chi connectivity index (χ3v) is 4.56. The van der Waals surface area contributed by atoms with Crippen LogP contribution in [0, 0.1) is 5.92 Å². The van der Waals surface area contributed by atoms with Crippen LogP contribution in [-0.2, 0) is 11.0 Å². The molecule has 1 aliphatic carbocycles. The van der Waals surface area contributed by atoms with Crippen LogP contribution in [-0.4, -0.2) is 10.9 Å². The third-order valence-electron chi connectivity index (χ3n) is 3.46. The van der Waals surface area contributed by atoms with Crippen molar-refractivity contribution in [3.63, 3.8) is 0 Å². The van der Waals surface area contributed by atoms with E-state index in [0.717, 1.165) is 22.3 Å². The first kappa shape index (κ1) is 15.3. The molecule has 1 amide bonds. The van der Waals surface area contributed by atoms with Crippen LogP contribution in [0.15, 0.2) is 29.6 Å². The standard InChI is InChI=1S/C14H10ClF3N2OS/c15-10-4-2-1-3-7(10)8-5-9(8)12(21)20-13-19-11(6-22-13)14(16,17)18/h1-4,6,8-9H,5H2,(H,19,20,21). The highest BCUT2D eigenvalue weighted by Gasteiger charge is 2.45. The topological polar surface area (TPSA) is 42.0 Å². The first-order chi connectivity index (χ1) is 10.4. The number of rotatable bonds is 3. The Balaban J connectivity index is 1.65. The molecule has 0 aliphatic heterocycles. The molecule has 1 aromatic carbocycles. The van der Waals surface area contributed by atoms with Gasteiger partial charge in [-0.3, -0.25) is 4.79 Å². The minimum absolute atomic E-state index is 0.00995. The first-order valence-corrected chi connectivity index (χ1v) is 7.70. The maximum absolute atomic E-state index is 12.5. The largest absolute Gasteiger partial charge is 0.434 e. The number of anilines is 1. The number of halogens is 4. The van der Waals surface area contributed by atoms with Crippen molar-refractivity contribution in [1.82, 2.24) is 4.98 Å². The lowest BCUT2D eigenvalue weighted by atomic mass is 10.1. The van der Waals surface area contributed by atoms with Crippen molar-refractivity contribution in [2.45, 2.75) is 18.5 Å². The van der Waals surface area contributed by atoms with Gasteiger partial charge >= 0.3 is 6.18 Å². The quantitative estimate of drug-likeness (QED) is 0.885. The van der Waals surface area contributed by atoms with Crippen LogP contribution in [0.3, 0.4) is 0 Å². The third kappa shape index (κ3) is 3.10. The van der Waals surface area contributed by atoms with Gasteiger partial charge in [-0.05, 0) is 24.0 Å². The van der Waals surface area contributed by atoms with Gasteiger partial charge in [-0.1, -0.05) is 29.8 Å². The molecule has 1 aliphatic rings. The van der Waals surface area contributed by atoms with E-state index in [4.69, 9.17) is 11.6 Å². The zero-order valence-electron chi connectivity index (χ0n) is 11.0. The average molecular weight is 347 g/mol. The number of alkyl halides is 3. The molecule has 0 saturated heterocycles.